The molecule has 1 amide bonds. The second kappa shape index (κ2) is 5.97. The summed E-state index contributed by atoms with van der Waals surface area (Å²) in [4.78, 5) is 21.8. The van der Waals surface area contributed by atoms with E-state index in [1.54, 1.807) is 0 Å². The van der Waals surface area contributed by atoms with Gasteiger partial charge in [-0.1, -0.05) is 0 Å². The van der Waals surface area contributed by atoms with Crippen molar-refractivity contribution in [1.82, 2.24) is 5.32 Å². The minimum absolute atomic E-state index is 0.00267. The lowest BCUT2D eigenvalue weighted by Crippen LogP contribution is -2.36. The van der Waals surface area contributed by atoms with E-state index in [4.69, 9.17) is 10.2 Å². The highest BCUT2D eigenvalue weighted by Gasteiger charge is 2.15. The first kappa shape index (κ1) is 13.9. The zero-order chi connectivity index (χ0) is 13.7. The zero-order valence-electron chi connectivity index (χ0n) is 9.51. The van der Waals surface area contributed by atoms with Gasteiger partial charge in [0, 0.05) is 5.56 Å². The van der Waals surface area contributed by atoms with E-state index in [1.807, 2.05) is 0 Å². The van der Waals surface area contributed by atoms with E-state index < -0.39 is 30.3 Å². The quantitative estimate of drug-likeness (QED) is 0.690. The van der Waals surface area contributed by atoms with Crippen LogP contribution in [0.3, 0.4) is 0 Å². The summed E-state index contributed by atoms with van der Waals surface area (Å²) in [6, 6.07) is 3.56. The summed E-state index contributed by atoms with van der Waals surface area (Å²) in [7, 11) is 1.29. The normalized spacial score (nSPS) is 11.7. The molecule has 1 aromatic rings. The lowest BCUT2D eigenvalue weighted by atomic mass is 10.2. The Balaban J connectivity index is 2.67. The van der Waals surface area contributed by atoms with Crippen LogP contribution in [0.5, 0.6) is 5.75 Å². The third kappa shape index (κ3) is 3.42. The number of aliphatic hydroxyl groups is 1. The molecule has 3 N–H and O–H groups in total. The van der Waals surface area contributed by atoms with Crippen LogP contribution in [0, 0.1) is 5.82 Å². The molecule has 0 radical (unpaired) electrons. The van der Waals surface area contributed by atoms with Crippen molar-refractivity contribution in [2.24, 2.45) is 0 Å². The number of benzene rings is 1. The number of carboxylic acid groups (broad SMARTS) is 1. The maximum atomic E-state index is 13.3. The predicted molar refractivity (Wildman–Crippen MR) is 58.9 cm³/mol. The van der Waals surface area contributed by atoms with Gasteiger partial charge >= 0.3 is 5.97 Å². The van der Waals surface area contributed by atoms with Crippen molar-refractivity contribution in [3.8, 4) is 5.75 Å². The Labute approximate surface area is 102 Å². The van der Waals surface area contributed by atoms with E-state index in [0.29, 0.717) is 0 Å². The number of halogens is 1. The fourth-order valence-electron chi connectivity index (χ4n) is 1.19. The Kier molecular flexibility index (Phi) is 4.61. The van der Waals surface area contributed by atoms with Crippen LogP contribution in [-0.4, -0.2) is 41.8 Å². The highest BCUT2D eigenvalue weighted by atomic mass is 19.1. The van der Waals surface area contributed by atoms with Gasteiger partial charge in [0.25, 0.3) is 5.91 Å². The van der Waals surface area contributed by atoms with E-state index in [0.717, 1.165) is 6.07 Å². The molecule has 98 valence electrons. The number of carboxylic acids is 1. The van der Waals surface area contributed by atoms with Crippen LogP contribution >= 0.6 is 0 Å². The summed E-state index contributed by atoms with van der Waals surface area (Å²) in [6.45, 7) is -0.457. The Morgan fingerprint density at radius 3 is 2.67 bits per heavy atom. The largest absolute Gasteiger partial charge is 0.494 e. The number of ether oxygens (including phenoxy) is 1. The molecule has 0 bridgehead atoms. The second-order valence-corrected chi connectivity index (χ2v) is 3.41. The fourth-order valence-corrected chi connectivity index (χ4v) is 1.19. The Morgan fingerprint density at radius 1 is 1.50 bits per heavy atom. The Morgan fingerprint density at radius 2 is 2.17 bits per heavy atom. The van der Waals surface area contributed by atoms with Crippen LogP contribution in [0.2, 0.25) is 0 Å². The molecule has 1 atom stereocenters. The van der Waals surface area contributed by atoms with Gasteiger partial charge in [0.2, 0.25) is 0 Å². The third-order valence-electron chi connectivity index (χ3n) is 2.16. The highest BCUT2D eigenvalue weighted by Crippen LogP contribution is 2.17. The smallest absolute Gasteiger partial charge is 0.334 e. The maximum absolute atomic E-state index is 13.3. The van der Waals surface area contributed by atoms with Crippen molar-refractivity contribution in [1.29, 1.82) is 0 Å². The van der Waals surface area contributed by atoms with Gasteiger partial charge < -0.3 is 20.3 Å². The first-order chi connectivity index (χ1) is 8.45. The number of carbonyl (C=O) groups excluding carboxylic acids is 1. The van der Waals surface area contributed by atoms with Crippen LogP contribution in [0.4, 0.5) is 4.39 Å². The minimum Gasteiger partial charge on any atom is -0.494 e. The first-order valence-corrected chi connectivity index (χ1v) is 4.98. The molecule has 0 saturated carbocycles. The molecule has 0 aliphatic heterocycles. The van der Waals surface area contributed by atoms with E-state index in [1.165, 1.54) is 19.2 Å². The van der Waals surface area contributed by atoms with Crippen LogP contribution in [0.25, 0.3) is 0 Å². The van der Waals surface area contributed by atoms with Gasteiger partial charge in [-0.2, -0.15) is 0 Å². The van der Waals surface area contributed by atoms with Crippen LogP contribution in [-0.2, 0) is 4.79 Å². The predicted octanol–water partition coefficient (Wildman–Crippen LogP) is 0.00960. The molecule has 1 rings (SSSR count). The van der Waals surface area contributed by atoms with Gasteiger partial charge in [-0.05, 0) is 18.2 Å². The van der Waals surface area contributed by atoms with Crippen LogP contribution < -0.4 is 10.1 Å². The molecule has 18 heavy (non-hydrogen) atoms. The van der Waals surface area contributed by atoms with Gasteiger partial charge in [-0.3, -0.25) is 4.79 Å². The lowest BCUT2D eigenvalue weighted by molar-refractivity contribution is -0.146. The van der Waals surface area contributed by atoms with Gasteiger partial charge in [-0.15, -0.1) is 0 Å². The number of rotatable bonds is 5. The number of carbonyl (C=O) groups is 2. The third-order valence-corrected chi connectivity index (χ3v) is 2.16. The van der Waals surface area contributed by atoms with E-state index in [-0.39, 0.29) is 11.3 Å². The molecule has 0 heterocycles. The van der Waals surface area contributed by atoms with Crippen LogP contribution in [0.15, 0.2) is 18.2 Å². The minimum atomic E-state index is -1.70. The number of aliphatic hydroxyl groups excluding tert-OH is 1. The topological polar surface area (TPSA) is 95.9 Å². The maximum Gasteiger partial charge on any atom is 0.334 e. The molecule has 0 fully saturated rings. The number of hydrogen-bond acceptors (Lipinski definition) is 4. The van der Waals surface area contributed by atoms with Crippen molar-refractivity contribution < 1.29 is 28.9 Å². The standard InChI is InChI=1S/C11H12FNO5/c1-18-9-3-2-6(4-7(9)12)10(15)13-5-8(14)11(16)17/h2-4,8,14H,5H2,1H3,(H,13,15)(H,16,17)/t8-/m0/s1. The molecule has 0 aromatic heterocycles. The summed E-state index contributed by atoms with van der Waals surface area (Å²) < 4.78 is 18.0. The Bertz CT molecular complexity index is 463. The molecule has 0 aliphatic rings. The molecule has 7 heteroatoms. The molecule has 0 unspecified atom stereocenters. The van der Waals surface area contributed by atoms with E-state index in [2.05, 4.69) is 10.1 Å². The van der Waals surface area contributed by atoms with Crippen molar-refractivity contribution >= 4 is 11.9 Å². The van der Waals surface area contributed by atoms with Gasteiger partial charge in [0.1, 0.15) is 0 Å². The number of aliphatic carboxylic acids is 1. The fraction of sp³-hybridized carbons (Fsp3) is 0.273. The second-order valence-electron chi connectivity index (χ2n) is 3.41. The molecule has 1 aromatic carbocycles. The van der Waals surface area contributed by atoms with Crippen LogP contribution in [0.1, 0.15) is 10.4 Å². The average Bonchev–Trinajstić information content (AvgIpc) is 2.35. The average molecular weight is 257 g/mol. The van der Waals surface area contributed by atoms with Gasteiger partial charge in [0.05, 0.1) is 13.7 Å². The van der Waals surface area contributed by atoms with Crippen molar-refractivity contribution in [3.63, 3.8) is 0 Å². The summed E-state index contributed by atoms with van der Waals surface area (Å²) in [6.07, 6.45) is -1.70. The number of hydrogen-bond donors (Lipinski definition) is 3. The van der Waals surface area contributed by atoms with E-state index >= 15 is 0 Å². The molecule has 0 aliphatic carbocycles. The lowest BCUT2D eigenvalue weighted by Gasteiger charge is -2.08. The van der Waals surface area contributed by atoms with Crippen molar-refractivity contribution in [3.05, 3.63) is 29.6 Å². The summed E-state index contributed by atoms with van der Waals surface area (Å²) in [5, 5.41) is 19.5. The number of amides is 1. The molecular weight excluding hydrogens is 245 g/mol. The first-order valence-electron chi connectivity index (χ1n) is 4.98. The zero-order valence-corrected chi connectivity index (χ0v) is 9.51. The van der Waals surface area contributed by atoms with E-state index in [9.17, 15) is 14.0 Å². The van der Waals surface area contributed by atoms with Crippen molar-refractivity contribution in [2.75, 3.05) is 13.7 Å². The molecular formula is C11H12FNO5. The SMILES string of the molecule is COc1ccc(C(=O)NC[C@H](O)C(=O)O)cc1F. The highest BCUT2D eigenvalue weighted by molar-refractivity contribution is 5.94. The number of methoxy groups -OCH3 is 1. The Hall–Kier alpha value is -2.15. The van der Waals surface area contributed by atoms with Gasteiger partial charge in [0.15, 0.2) is 17.7 Å². The molecule has 6 nitrogen and oxygen atoms in total. The number of nitrogens with one attached hydrogen (secondary N) is 1. The molecule has 0 saturated heterocycles. The summed E-state index contributed by atoms with van der Waals surface area (Å²) in [5.41, 5.74) is 0.00545. The summed E-state index contributed by atoms with van der Waals surface area (Å²) >= 11 is 0. The molecule has 0 spiro atoms. The summed E-state index contributed by atoms with van der Waals surface area (Å²) in [5.74, 6) is -2.84. The van der Waals surface area contributed by atoms with Gasteiger partial charge in [-0.25, -0.2) is 9.18 Å². The monoisotopic (exact) mass is 257 g/mol. The van der Waals surface area contributed by atoms with Crippen molar-refractivity contribution in [2.45, 2.75) is 6.10 Å².